The van der Waals surface area contributed by atoms with Gasteiger partial charge in [-0.15, -0.1) is 0 Å². The summed E-state index contributed by atoms with van der Waals surface area (Å²) in [5.74, 6) is -2.04. The van der Waals surface area contributed by atoms with Crippen LogP contribution in [0.5, 0.6) is 0 Å². The van der Waals surface area contributed by atoms with Crippen molar-refractivity contribution < 1.29 is 29.3 Å². The Kier molecular flexibility index (Phi) is 9.26. The van der Waals surface area contributed by atoms with Crippen LogP contribution in [-0.2, 0) is 17.8 Å². The van der Waals surface area contributed by atoms with E-state index in [4.69, 9.17) is 5.11 Å². The van der Waals surface area contributed by atoms with E-state index in [1.54, 1.807) is 35.1 Å². The number of pyridine rings is 1. The first kappa shape index (κ1) is 27.0. The summed E-state index contributed by atoms with van der Waals surface area (Å²) in [6, 6.07) is 11.1. The van der Waals surface area contributed by atoms with Gasteiger partial charge in [0.1, 0.15) is 5.82 Å². The predicted molar refractivity (Wildman–Crippen MR) is 130 cm³/mol. The molecule has 0 bridgehead atoms. The minimum absolute atomic E-state index is 0.0918. The number of carboxylic acid groups (broad SMARTS) is 1. The van der Waals surface area contributed by atoms with Crippen LogP contribution < -0.4 is 5.32 Å². The summed E-state index contributed by atoms with van der Waals surface area (Å²) in [4.78, 5) is 28.2. The summed E-state index contributed by atoms with van der Waals surface area (Å²) in [5.41, 5.74) is 2.83. The summed E-state index contributed by atoms with van der Waals surface area (Å²) in [6.07, 6.45) is -0.533. The number of aliphatic carboxylic acids is 1. The quantitative estimate of drug-likeness (QED) is 0.301. The Bertz CT molecular complexity index is 1170. The lowest BCUT2D eigenvalue weighted by molar-refractivity contribution is -0.139. The molecule has 2 atom stereocenters. The number of aliphatic hydroxyl groups excluding tert-OH is 2. The number of nitrogens with zero attached hydrogens (tertiary/aromatic N) is 3. The molecule has 2 aromatic heterocycles. The molecule has 0 unspecified atom stereocenters. The molecule has 3 aromatic rings. The fourth-order valence-electron chi connectivity index (χ4n) is 4.05. The first-order chi connectivity index (χ1) is 17.2. The van der Waals surface area contributed by atoms with Crippen molar-refractivity contribution in [2.45, 2.75) is 64.2 Å². The lowest BCUT2D eigenvalue weighted by Crippen LogP contribution is -2.25. The largest absolute Gasteiger partial charge is 0.481 e. The Labute approximate surface area is 208 Å². The maximum absolute atomic E-state index is 13.6. The maximum atomic E-state index is 13.6. The van der Waals surface area contributed by atoms with Gasteiger partial charge in [-0.25, -0.2) is 9.07 Å². The van der Waals surface area contributed by atoms with Crippen molar-refractivity contribution in [2.24, 2.45) is 0 Å². The van der Waals surface area contributed by atoms with Gasteiger partial charge in [0.25, 0.3) is 5.91 Å². The molecule has 36 heavy (non-hydrogen) atoms. The topological polar surface area (TPSA) is 138 Å². The number of carbonyl (C=O) groups excluding carboxylic acids is 1. The monoisotopic (exact) mass is 498 g/mol. The van der Waals surface area contributed by atoms with E-state index in [1.807, 2.05) is 19.9 Å². The summed E-state index contributed by atoms with van der Waals surface area (Å²) < 4.78 is 15.1. The summed E-state index contributed by atoms with van der Waals surface area (Å²) >= 11 is 0. The van der Waals surface area contributed by atoms with Crippen molar-refractivity contribution in [1.82, 2.24) is 20.1 Å². The number of nitrogens with one attached hydrogen (secondary N) is 1. The van der Waals surface area contributed by atoms with Crippen molar-refractivity contribution in [3.63, 3.8) is 0 Å². The van der Waals surface area contributed by atoms with Gasteiger partial charge in [-0.2, -0.15) is 5.10 Å². The zero-order valence-electron chi connectivity index (χ0n) is 20.3. The lowest BCUT2D eigenvalue weighted by Gasteiger charge is -2.16. The highest BCUT2D eigenvalue weighted by Gasteiger charge is 2.26. The molecule has 0 aliphatic heterocycles. The van der Waals surface area contributed by atoms with E-state index in [1.165, 1.54) is 12.1 Å². The van der Waals surface area contributed by atoms with Crippen LogP contribution in [0, 0.1) is 5.82 Å². The average Bonchev–Trinajstić information content (AvgIpc) is 3.21. The minimum atomic E-state index is -1.17. The van der Waals surface area contributed by atoms with E-state index in [9.17, 15) is 24.2 Å². The Morgan fingerprint density at radius 1 is 1.08 bits per heavy atom. The number of hydrogen-bond acceptors (Lipinski definition) is 6. The van der Waals surface area contributed by atoms with Gasteiger partial charge >= 0.3 is 5.97 Å². The van der Waals surface area contributed by atoms with Crippen molar-refractivity contribution in [3.05, 3.63) is 77.1 Å². The van der Waals surface area contributed by atoms with E-state index in [0.717, 1.165) is 0 Å². The first-order valence-corrected chi connectivity index (χ1v) is 11.8. The molecule has 0 aliphatic rings. The number of amides is 1. The highest BCUT2D eigenvalue weighted by molar-refractivity contribution is 5.94. The number of halogens is 1. The molecule has 0 spiro atoms. The minimum Gasteiger partial charge on any atom is -0.481 e. The Hall–Kier alpha value is -3.63. The van der Waals surface area contributed by atoms with Crippen molar-refractivity contribution in [2.75, 3.05) is 0 Å². The van der Waals surface area contributed by atoms with Crippen molar-refractivity contribution in [1.29, 1.82) is 0 Å². The Morgan fingerprint density at radius 3 is 2.42 bits per heavy atom. The van der Waals surface area contributed by atoms with Crippen LogP contribution in [-0.4, -0.2) is 54.2 Å². The molecule has 9 nitrogen and oxygen atoms in total. The molecule has 192 valence electrons. The second-order valence-electron chi connectivity index (χ2n) is 8.94. The summed E-state index contributed by atoms with van der Waals surface area (Å²) in [5, 5.41) is 36.5. The van der Waals surface area contributed by atoms with Crippen LogP contribution in [0.15, 0.2) is 48.7 Å². The molecule has 3 rings (SSSR count). The van der Waals surface area contributed by atoms with Crippen molar-refractivity contribution >= 4 is 11.9 Å². The molecular weight excluding hydrogens is 467 g/mol. The van der Waals surface area contributed by atoms with Gasteiger partial charge in [0, 0.05) is 17.5 Å². The van der Waals surface area contributed by atoms with E-state index >= 15 is 0 Å². The van der Waals surface area contributed by atoms with Gasteiger partial charge in [0.2, 0.25) is 0 Å². The van der Waals surface area contributed by atoms with Gasteiger partial charge in [-0.3, -0.25) is 14.6 Å². The molecule has 0 aliphatic carbocycles. The third kappa shape index (κ3) is 7.19. The number of rotatable bonds is 12. The molecule has 0 radical (unpaired) electrons. The second-order valence-corrected chi connectivity index (χ2v) is 8.94. The highest BCUT2D eigenvalue weighted by Crippen LogP contribution is 2.28. The van der Waals surface area contributed by atoms with E-state index in [2.05, 4.69) is 15.4 Å². The van der Waals surface area contributed by atoms with Crippen LogP contribution in [0.3, 0.4) is 0 Å². The Morgan fingerprint density at radius 2 is 1.81 bits per heavy atom. The number of carboxylic acids is 1. The third-order valence-electron chi connectivity index (χ3n) is 5.71. The van der Waals surface area contributed by atoms with Crippen LogP contribution in [0.2, 0.25) is 0 Å². The molecule has 0 saturated carbocycles. The maximum Gasteiger partial charge on any atom is 0.305 e. The zero-order chi connectivity index (χ0) is 26.2. The third-order valence-corrected chi connectivity index (χ3v) is 5.71. The number of aliphatic hydroxyl groups is 2. The van der Waals surface area contributed by atoms with E-state index in [-0.39, 0.29) is 36.9 Å². The number of carbonyl (C=O) groups is 2. The normalized spacial score (nSPS) is 12.9. The number of hydrogen-bond donors (Lipinski definition) is 4. The van der Waals surface area contributed by atoms with Crippen LogP contribution in [0.25, 0.3) is 5.69 Å². The van der Waals surface area contributed by atoms with E-state index < -0.39 is 30.4 Å². The van der Waals surface area contributed by atoms with Gasteiger partial charge in [0.05, 0.1) is 36.6 Å². The first-order valence-electron chi connectivity index (χ1n) is 11.8. The van der Waals surface area contributed by atoms with Gasteiger partial charge in [0.15, 0.2) is 5.69 Å². The molecule has 0 fully saturated rings. The SMILES string of the molecule is CC(C)c1c(C(=O)NCc2ccccn2)nn(-c2ccc(F)cc2)c1CC[C@@H](O)C[C@@H](O)CC(=O)O. The van der Waals surface area contributed by atoms with Crippen molar-refractivity contribution in [3.8, 4) is 5.69 Å². The lowest BCUT2D eigenvalue weighted by atomic mass is 9.95. The van der Waals surface area contributed by atoms with Crippen LogP contribution >= 0.6 is 0 Å². The smallest absolute Gasteiger partial charge is 0.305 e. The molecule has 4 N–H and O–H groups in total. The van der Waals surface area contributed by atoms with Gasteiger partial charge in [-0.1, -0.05) is 19.9 Å². The van der Waals surface area contributed by atoms with E-state index in [0.29, 0.717) is 29.1 Å². The summed E-state index contributed by atoms with van der Waals surface area (Å²) in [7, 11) is 0. The van der Waals surface area contributed by atoms with Gasteiger partial charge in [-0.05, 0) is 61.6 Å². The molecule has 2 heterocycles. The summed E-state index contributed by atoms with van der Waals surface area (Å²) in [6.45, 7) is 4.08. The van der Waals surface area contributed by atoms with Crippen LogP contribution in [0.1, 0.15) is 66.5 Å². The standard InChI is InChI=1S/C26H31FN4O5/c1-16(2)24-22(11-10-20(32)13-21(33)14-23(34)35)31(19-8-6-17(27)7-9-19)30-25(24)26(36)29-15-18-5-3-4-12-28-18/h3-9,12,16,20-21,32-33H,10-11,13-15H2,1-2H3,(H,29,36)(H,34,35)/t20-,21-/m1/s1. The fraction of sp³-hybridized carbons (Fsp3) is 0.385. The molecule has 10 heteroatoms. The van der Waals surface area contributed by atoms with Crippen LogP contribution in [0.4, 0.5) is 4.39 Å². The molecule has 0 saturated heterocycles. The molecule has 1 aromatic carbocycles. The highest BCUT2D eigenvalue weighted by atomic mass is 19.1. The number of benzene rings is 1. The molecule has 1 amide bonds. The molecular formula is C26H31FN4O5. The zero-order valence-corrected chi connectivity index (χ0v) is 20.3. The Balaban J connectivity index is 1.90. The predicted octanol–water partition coefficient (Wildman–Crippen LogP) is 2.98. The second kappa shape index (κ2) is 12.4. The van der Waals surface area contributed by atoms with Gasteiger partial charge < -0.3 is 20.6 Å². The average molecular weight is 499 g/mol. The number of aromatic nitrogens is 3. The fourth-order valence-corrected chi connectivity index (χ4v) is 4.05.